The first-order valence-electron chi connectivity index (χ1n) is 7.48. The maximum absolute atomic E-state index is 6.44. The van der Waals surface area contributed by atoms with E-state index >= 15 is 0 Å². The van der Waals surface area contributed by atoms with Crippen LogP contribution >= 0.6 is 11.6 Å². The number of halogens is 1. The number of fused-ring (bicyclic) bond motifs is 1. The molecular weight excluding hydrogens is 240 g/mol. The zero-order valence-corrected chi connectivity index (χ0v) is 11.9. The van der Waals surface area contributed by atoms with E-state index in [1.165, 1.54) is 51.4 Å². The first-order valence-corrected chi connectivity index (χ1v) is 8.02. The molecule has 1 saturated carbocycles. The lowest BCUT2D eigenvalue weighted by Crippen LogP contribution is -2.34. The van der Waals surface area contributed by atoms with E-state index in [4.69, 9.17) is 11.6 Å². The third-order valence-corrected chi connectivity index (χ3v) is 5.61. The molecule has 98 valence electrons. The number of hydrogen-bond donors (Lipinski definition) is 0. The molecule has 0 heterocycles. The van der Waals surface area contributed by atoms with Crippen LogP contribution in [0.5, 0.6) is 0 Å². The van der Waals surface area contributed by atoms with Gasteiger partial charge in [0.15, 0.2) is 0 Å². The molecule has 1 fully saturated rings. The summed E-state index contributed by atoms with van der Waals surface area (Å²) in [6.45, 7) is 0. The fourth-order valence-corrected chi connectivity index (χ4v) is 4.57. The highest BCUT2D eigenvalue weighted by molar-refractivity contribution is 6.18. The van der Waals surface area contributed by atoms with Crippen LogP contribution in [-0.4, -0.2) is 5.88 Å². The molecule has 1 aromatic rings. The summed E-state index contributed by atoms with van der Waals surface area (Å²) in [6, 6.07) is 9.02. The van der Waals surface area contributed by atoms with Crippen molar-refractivity contribution >= 4 is 11.6 Å². The van der Waals surface area contributed by atoms with E-state index < -0.39 is 0 Å². The van der Waals surface area contributed by atoms with Crippen molar-refractivity contribution in [1.82, 2.24) is 0 Å². The van der Waals surface area contributed by atoms with Gasteiger partial charge in [0.2, 0.25) is 0 Å². The zero-order valence-electron chi connectivity index (χ0n) is 11.1. The van der Waals surface area contributed by atoms with Crippen molar-refractivity contribution in [3.8, 4) is 0 Å². The molecule has 2 aliphatic carbocycles. The van der Waals surface area contributed by atoms with E-state index in [0.717, 1.165) is 11.8 Å². The summed E-state index contributed by atoms with van der Waals surface area (Å²) in [5.74, 6) is 1.73. The van der Waals surface area contributed by atoms with Crippen LogP contribution in [0.1, 0.15) is 56.1 Å². The predicted molar refractivity (Wildman–Crippen MR) is 78.4 cm³/mol. The normalized spacial score (nSPS) is 28.3. The van der Waals surface area contributed by atoms with Crippen LogP contribution in [0, 0.1) is 5.92 Å². The minimum Gasteiger partial charge on any atom is -0.126 e. The Kier molecular flexibility index (Phi) is 3.66. The summed E-state index contributed by atoms with van der Waals surface area (Å²) in [4.78, 5) is 0. The van der Waals surface area contributed by atoms with Crippen LogP contribution in [0.3, 0.4) is 0 Å². The van der Waals surface area contributed by atoms with E-state index in [1.54, 1.807) is 11.1 Å². The van der Waals surface area contributed by atoms with Gasteiger partial charge in [-0.15, -0.1) is 11.6 Å². The second-order valence-corrected chi connectivity index (χ2v) is 6.55. The van der Waals surface area contributed by atoms with Gasteiger partial charge in [0.25, 0.3) is 0 Å². The molecule has 0 spiro atoms. The largest absolute Gasteiger partial charge is 0.126 e. The molecular formula is C17H23Cl. The Morgan fingerprint density at radius 2 is 1.89 bits per heavy atom. The van der Waals surface area contributed by atoms with Gasteiger partial charge in [0.05, 0.1) is 0 Å². The molecule has 0 nitrogen and oxygen atoms in total. The summed E-state index contributed by atoms with van der Waals surface area (Å²) >= 11 is 6.44. The van der Waals surface area contributed by atoms with Crippen molar-refractivity contribution in [2.75, 3.05) is 5.88 Å². The average Bonchev–Trinajstić information content (AvgIpc) is 2.92. The molecule has 0 N–H and O–H groups in total. The highest BCUT2D eigenvalue weighted by Gasteiger charge is 2.38. The molecule has 0 saturated heterocycles. The lowest BCUT2D eigenvalue weighted by Gasteiger charge is -2.39. The summed E-state index contributed by atoms with van der Waals surface area (Å²) in [5.41, 5.74) is 3.41. The number of alkyl halides is 1. The third kappa shape index (κ3) is 2.20. The summed E-state index contributed by atoms with van der Waals surface area (Å²) < 4.78 is 0. The maximum atomic E-state index is 6.44. The SMILES string of the molecule is ClCC1(CC2CCCC2)CCCc2ccccc21. The quantitative estimate of drug-likeness (QED) is 0.667. The van der Waals surface area contributed by atoms with Crippen molar-refractivity contribution in [1.29, 1.82) is 0 Å². The van der Waals surface area contributed by atoms with Gasteiger partial charge in [0, 0.05) is 11.3 Å². The van der Waals surface area contributed by atoms with E-state index in [9.17, 15) is 0 Å². The molecule has 3 rings (SSSR count). The molecule has 0 amide bonds. The van der Waals surface area contributed by atoms with Gasteiger partial charge in [0.1, 0.15) is 0 Å². The molecule has 1 atom stereocenters. The van der Waals surface area contributed by atoms with Crippen LogP contribution in [0.15, 0.2) is 24.3 Å². The second kappa shape index (κ2) is 5.25. The number of hydrogen-bond acceptors (Lipinski definition) is 0. The Bertz CT molecular complexity index is 406. The second-order valence-electron chi connectivity index (χ2n) is 6.28. The molecule has 0 bridgehead atoms. The van der Waals surface area contributed by atoms with E-state index in [-0.39, 0.29) is 5.41 Å². The Balaban J connectivity index is 1.91. The minimum atomic E-state index is 0.283. The van der Waals surface area contributed by atoms with Crippen molar-refractivity contribution < 1.29 is 0 Å². The molecule has 1 unspecified atom stereocenters. The van der Waals surface area contributed by atoms with Gasteiger partial charge in [-0.2, -0.15) is 0 Å². The van der Waals surface area contributed by atoms with E-state index in [1.807, 2.05) is 0 Å². The van der Waals surface area contributed by atoms with Gasteiger partial charge < -0.3 is 0 Å². The number of aryl methyl sites for hydroxylation is 1. The number of benzene rings is 1. The topological polar surface area (TPSA) is 0 Å². The van der Waals surface area contributed by atoms with Crippen LogP contribution in [0.25, 0.3) is 0 Å². The third-order valence-electron chi connectivity index (χ3n) is 5.10. The van der Waals surface area contributed by atoms with Crippen LogP contribution in [0.2, 0.25) is 0 Å². The summed E-state index contributed by atoms with van der Waals surface area (Å²) in [5, 5.41) is 0. The Labute approximate surface area is 116 Å². The lowest BCUT2D eigenvalue weighted by atomic mass is 9.66. The van der Waals surface area contributed by atoms with E-state index in [0.29, 0.717) is 0 Å². The van der Waals surface area contributed by atoms with Crippen molar-refractivity contribution in [2.24, 2.45) is 5.92 Å². The smallest absolute Gasteiger partial charge is 0.0320 e. The highest BCUT2D eigenvalue weighted by atomic mass is 35.5. The maximum Gasteiger partial charge on any atom is 0.0320 e. The first kappa shape index (κ1) is 12.5. The van der Waals surface area contributed by atoms with Gasteiger partial charge in [-0.1, -0.05) is 49.9 Å². The lowest BCUT2D eigenvalue weighted by molar-refractivity contribution is 0.304. The molecule has 0 aromatic heterocycles. The minimum absolute atomic E-state index is 0.283. The van der Waals surface area contributed by atoms with E-state index in [2.05, 4.69) is 24.3 Å². The zero-order chi connectivity index (χ0) is 12.4. The average molecular weight is 263 g/mol. The molecule has 18 heavy (non-hydrogen) atoms. The Morgan fingerprint density at radius 3 is 2.67 bits per heavy atom. The van der Waals surface area contributed by atoms with Crippen LogP contribution < -0.4 is 0 Å². The standard InChI is InChI=1S/C17H23Cl/c18-13-17(12-14-6-1-2-7-14)11-5-9-15-8-3-4-10-16(15)17/h3-4,8,10,14H,1-2,5-7,9,11-13H2. The molecule has 1 aromatic carbocycles. The molecule has 1 heteroatoms. The van der Waals surface area contributed by atoms with Gasteiger partial charge >= 0.3 is 0 Å². The fourth-order valence-electron chi connectivity index (χ4n) is 4.18. The molecule has 0 aliphatic heterocycles. The number of rotatable bonds is 3. The van der Waals surface area contributed by atoms with Crippen LogP contribution in [0.4, 0.5) is 0 Å². The van der Waals surface area contributed by atoms with Gasteiger partial charge in [-0.25, -0.2) is 0 Å². The monoisotopic (exact) mass is 262 g/mol. The first-order chi connectivity index (χ1) is 8.84. The highest BCUT2D eigenvalue weighted by Crippen LogP contribution is 2.45. The van der Waals surface area contributed by atoms with Crippen molar-refractivity contribution in [3.05, 3.63) is 35.4 Å². The summed E-state index contributed by atoms with van der Waals surface area (Å²) in [7, 11) is 0. The van der Waals surface area contributed by atoms with Gasteiger partial charge in [-0.05, 0) is 42.7 Å². The predicted octanol–water partition coefficient (Wildman–Crippen LogP) is 5.08. The van der Waals surface area contributed by atoms with Gasteiger partial charge in [-0.3, -0.25) is 0 Å². The fraction of sp³-hybridized carbons (Fsp3) is 0.647. The van der Waals surface area contributed by atoms with Crippen molar-refractivity contribution in [3.63, 3.8) is 0 Å². The Morgan fingerprint density at radius 1 is 1.11 bits per heavy atom. The van der Waals surface area contributed by atoms with Crippen molar-refractivity contribution in [2.45, 2.75) is 56.8 Å². The Hall–Kier alpha value is -0.490. The van der Waals surface area contributed by atoms with Crippen LogP contribution in [-0.2, 0) is 11.8 Å². The summed E-state index contributed by atoms with van der Waals surface area (Å²) in [6.07, 6.45) is 10.9. The molecule has 2 aliphatic rings. The molecule has 0 radical (unpaired) electrons.